The van der Waals surface area contributed by atoms with E-state index in [4.69, 9.17) is 5.26 Å². The highest BCUT2D eigenvalue weighted by atomic mass is 32.2. The molecule has 0 bridgehead atoms. The van der Waals surface area contributed by atoms with Crippen molar-refractivity contribution in [3.8, 4) is 6.07 Å². The number of para-hydroxylation sites is 1. The van der Waals surface area contributed by atoms with Crippen LogP contribution in [0.5, 0.6) is 0 Å². The van der Waals surface area contributed by atoms with Crippen molar-refractivity contribution in [2.75, 3.05) is 17.8 Å². The van der Waals surface area contributed by atoms with Gasteiger partial charge in [-0.15, -0.1) is 0 Å². The first-order valence-electron chi connectivity index (χ1n) is 13.2. The smallest absolute Gasteiger partial charge is 0.264 e. The second-order valence-electron chi connectivity index (χ2n) is 9.97. The molecule has 0 radical (unpaired) electrons. The first-order chi connectivity index (χ1) is 18.9. The number of likely N-dealkylation sites (tertiary alicyclic amines) is 1. The van der Waals surface area contributed by atoms with E-state index in [0.717, 1.165) is 37.5 Å². The molecule has 4 aromatic rings. The van der Waals surface area contributed by atoms with Crippen LogP contribution >= 0.6 is 0 Å². The lowest BCUT2D eigenvalue weighted by Crippen LogP contribution is -2.35. The molecule has 7 nitrogen and oxygen atoms in total. The van der Waals surface area contributed by atoms with Crippen LogP contribution in [0.25, 0.3) is 10.9 Å². The normalized spacial score (nSPS) is 16.2. The molecule has 39 heavy (non-hydrogen) atoms. The Balaban J connectivity index is 1.23. The van der Waals surface area contributed by atoms with Crippen molar-refractivity contribution in [1.29, 1.82) is 5.26 Å². The number of carbonyl (C=O) groups is 1. The van der Waals surface area contributed by atoms with Crippen molar-refractivity contribution in [2.45, 2.75) is 37.0 Å². The SMILES string of the molecule is N#Cc1ccc(CC2CCCCN(C(=O)c3ccc(NS(=O)(=O)c4cccc5cccnc45)cc3)CC2)cc1. The van der Waals surface area contributed by atoms with Crippen molar-refractivity contribution in [2.24, 2.45) is 5.92 Å². The highest BCUT2D eigenvalue weighted by Gasteiger charge is 2.22. The van der Waals surface area contributed by atoms with Gasteiger partial charge >= 0.3 is 0 Å². The van der Waals surface area contributed by atoms with Gasteiger partial charge in [0.1, 0.15) is 4.90 Å². The lowest BCUT2D eigenvalue weighted by Gasteiger charge is -2.29. The molecule has 198 valence electrons. The van der Waals surface area contributed by atoms with Gasteiger partial charge in [-0.25, -0.2) is 8.42 Å². The van der Waals surface area contributed by atoms with Gasteiger partial charge in [-0.3, -0.25) is 14.5 Å². The molecule has 0 aliphatic carbocycles. The third kappa shape index (κ3) is 6.27. The third-order valence-electron chi connectivity index (χ3n) is 7.26. The fourth-order valence-electron chi connectivity index (χ4n) is 5.15. The van der Waals surface area contributed by atoms with Gasteiger partial charge in [0.15, 0.2) is 0 Å². The summed E-state index contributed by atoms with van der Waals surface area (Å²) >= 11 is 0. The first-order valence-corrected chi connectivity index (χ1v) is 14.7. The zero-order valence-corrected chi connectivity index (χ0v) is 22.4. The first kappa shape index (κ1) is 26.4. The van der Waals surface area contributed by atoms with Gasteiger partial charge in [0.2, 0.25) is 0 Å². The van der Waals surface area contributed by atoms with Gasteiger partial charge < -0.3 is 4.90 Å². The number of sulfonamides is 1. The van der Waals surface area contributed by atoms with Crippen LogP contribution in [0.1, 0.15) is 47.2 Å². The standard InChI is InChI=1S/C31H30N4O3S/c32-22-25-11-9-24(10-12-25)21-23-5-1-2-19-35(20-17-23)31(36)27-13-15-28(16-14-27)34-39(37,38)29-8-3-6-26-7-4-18-33-30(26)29/h3-4,6-16,18,23,34H,1-2,5,17,19-21H2. The van der Waals surface area contributed by atoms with Crippen LogP contribution in [-0.4, -0.2) is 37.3 Å². The summed E-state index contributed by atoms with van der Waals surface area (Å²) in [6, 6.07) is 25.2. The van der Waals surface area contributed by atoms with Crippen LogP contribution < -0.4 is 4.72 Å². The van der Waals surface area contributed by atoms with Gasteiger partial charge in [0.05, 0.1) is 17.1 Å². The summed E-state index contributed by atoms with van der Waals surface area (Å²) in [6.07, 6.45) is 6.57. The summed E-state index contributed by atoms with van der Waals surface area (Å²) in [4.78, 5) is 19.6. The van der Waals surface area contributed by atoms with E-state index in [2.05, 4.69) is 15.8 Å². The Hall–Kier alpha value is -4.22. The average Bonchev–Trinajstić information content (AvgIpc) is 2.94. The fraction of sp³-hybridized carbons (Fsp3) is 0.258. The number of rotatable bonds is 6. The Labute approximate surface area is 229 Å². The summed E-state index contributed by atoms with van der Waals surface area (Å²) in [5.41, 5.74) is 3.21. The number of nitrogens with one attached hydrogen (secondary N) is 1. The Kier molecular flexibility index (Phi) is 7.89. The number of hydrogen-bond donors (Lipinski definition) is 1. The second-order valence-corrected chi connectivity index (χ2v) is 11.6. The van der Waals surface area contributed by atoms with Gasteiger partial charge in [-0.1, -0.05) is 36.8 Å². The van der Waals surface area contributed by atoms with E-state index in [-0.39, 0.29) is 10.8 Å². The largest absolute Gasteiger partial charge is 0.339 e. The third-order valence-corrected chi connectivity index (χ3v) is 8.67. The molecule has 1 N–H and O–H groups in total. The fourth-order valence-corrected chi connectivity index (χ4v) is 6.39. The zero-order valence-electron chi connectivity index (χ0n) is 21.6. The summed E-state index contributed by atoms with van der Waals surface area (Å²) < 4.78 is 28.8. The molecule has 1 aliphatic heterocycles. The van der Waals surface area contributed by atoms with Crippen LogP contribution in [0.3, 0.4) is 0 Å². The maximum atomic E-state index is 13.3. The van der Waals surface area contributed by atoms with E-state index in [0.29, 0.717) is 41.3 Å². The minimum Gasteiger partial charge on any atom is -0.339 e. The number of fused-ring (bicyclic) bond motifs is 1. The van der Waals surface area contributed by atoms with Crippen LogP contribution in [0.4, 0.5) is 5.69 Å². The van der Waals surface area contributed by atoms with Crippen molar-refractivity contribution < 1.29 is 13.2 Å². The molecule has 1 amide bonds. The molecule has 1 fully saturated rings. The van der Waals surface area contributed by atoms with Crippen LogP contribution in [-0.2, 0) is 16.4 Å². The molecule has 5 rings (SSSR count). The minimum absolute atomic E-state index is 0.0401. The summed E-state index contributed by atoms with van der Waals surface area (Å²) in [5, 5.41) is 9.76. The molecule has 1 aromatic heterocycles. The molecule has 1 aliphatic rings. The molecule has 2 heterocycles. The molecule has 3 aromatic carbocycles. The van der Waals surface area contributed by atoms with Crippen molar-refractivity contribution >= 4 is 32.5 Å². The number of amides is 1. The molecule has 1 unspecified atom stereocenters. The average molecular weight is 539 g/mol. The number of pyridine rings is 1. The van der Waals surface area contributed by atoms with Crippen LogP contribution in [0.15, 0.2) is 90.0 Å². The van der Waals surface area contributed by atoms with Crippen LogP contribution in [0, 0.1) is 17.2 Å². The lowest BCUT2D eigenvalue weighted by molar-refractivity contribution is 0.0729. The molecule has 1 atom stereocenters. The molecular formula is C31H30N4O3S. The molecule has 0 spiro atoms. The second kappa shape index (κ2) is 11.7. The monoisotopic (exact) mass is 538 g/mol. The Morgan fingerprint density at radius 1 is 0.949 bits per heavy atom. The summed E-state index contributed by atoms with van der Waals surface area (Å²) in [7, 11) is -3.86. The van der Waals surface area contributed by atoms with Gasteiger partial charge in [-0.2, -0.15) is 5.26 Å². The Morgan fingerprint density at radius 3 is 2.49 bits per heavy atom. The molecule has 1 saturated heterocycles. The number of aromatic nitrogens is 1. The van der Waals surface area contributed by atoms with E-state index >= 15 is 0 Å². The van der Waals surface area contributed by atoms with Crippen molar-refractivity contribution in [3.05, 3.63) is 102 Å². The van der Waals surface area contributed by atoms with E-state index < -0.39 is 10.0 Å². The summed E-state index contributed by atoms with van der Waals surface area (Å²) in [6.45, 7) is 1.40. The van der Waals surface area contributed by atoms with E-state index in [1.54, 1.807) is 42.6 Å². The van der Waals surface area contributed by atoms with Crippen LogP contribution in [0.2, 0.25) is 0 Å². The maximum absolute atomic E-state index is 13.3. The number of carbonyl (C=O) groups excluding carboxylic acids is 1. The molecular weight excluding hydrogens is 508 g/mol. The van der Waals surface area contributed by atoms with E-state index in [1.807, 2.05) is 41.3 Å². The van der Waals surface area contributed by atoms with E-state index in [1.165, 1.54) is 11.6 Å². The number of nitriles is 1. The molecule has 0 saturated carbocycles. The predicted octanol–water partition coefficient (Wildman–Crippen LogP) is 5.78. The molecule has 8 heteroatoms. The highest BCUT2D eigenvalue weighted by Crippen LogP contribution is 2.25. The van der Waals surface area contributed by atoms with Gasteiger partial charge in [0, 0.05) is 35.9 Å². The zero-order chi connectivity index (χ0) is 27.2. The van der Waals surface area contributed by atoms with Gasteiger partial charge in [0.25, 0.3) is 15.9 Å². The number of nitrogens with zero attached hydrogens (tertiary/aromatic N) is 3. The predicted molar refractivity (Wildman–Crippen MR) is 152 cm³/mol. The minimum atomic E-state index is -3.86. The van der Waals surface area contributed by atoms with Crippen molar-refractivity contribution in [1.82, 2.24) is 9.88 Å². The lowest BCUT2D eigenvalue weighted by atomic mass is 9.89. The number of anilines is 1. The Morgan fingerprint density at radius 2 is 1.72 bits per heavy atom. The van der Waals surface area contributed by atoms with Crippen molar-refractivity contribution in [3.63, 3.8) is 0 Å². The number of benzene rings is 3. The summed E-state index contributed by atoms with van der Waals surface area (Å²) in [5.74, 6) is 0.440. The number of hydrogen-bond acceptors (Lipinski definition) is 5. The maximum Gasteiger partial charge on any atom is 0.264 e. The quantitative estimate of drug-likeness (QED) is 0.335. The topological polar surface area (TPSA) is 103 Å². The Bertz CT molecular complexity index is 1610. The highest BCUT2D eigenvalue weighted by molar-refractivity contribution is 7.93. The van der Waals surface area contributed by atoms with Gasteiger partial charge in [-0.05, 0) is 85.7 Å². The van der Waals surface area contributed by atoms with E-state index in [9.17, 15) is 13.2 Å².